The lowest BCUT2D eigenvalue weighted by atomic mass is 9.75. The van der Waals surface area contributed by atoms with Crippen molar-refractivity contribution >= 4 is 5.97 Å². The van der Waals surface area contributed by atoms with E-state index in [-0.39, 0.29) is 11.3 Å². The van der Waals surface area contributed by atoms with Gasteiger partial charge in [0.1, 0.15) is 5.76 Å². The van der Waals surface area contributed by atoms with Gasteiger partial charge >= 0.3 is 5.97 Å². The quantitative estimate of drug-likeness (QED) is 0.826. The number of hydrogen-bond acceptors (Lipinski definition) is 3. The van der Waals surface area contributed by atoms with E-state index in [4.69, 9.17) is 9.52 Å². The summed E-state index contributed by atoms with van der Waals surface area (Å²) in [6.07, 6.45) is 4.79. The third kappa shape index (κ3) is 2.36. The minimum absolute atomic E-state index is 0.0564. The van der Waals surface area contributed by atoms with Gasteiger partial charge in [0.15, 0.2) is 0 Å². The van der Waals surface area contributed by atoms with Crippen LogP contribution >= 0.6 is 0 Å². The van der Waals surface area contributed by atoms with Gasteiger partial charge in [0.05, 0.1) is 6.54 Å². The van der Waals surface area contributed by atoms with E-state index < -0.39 is 5.97 Å². The molecule has 94 valence electrons. The molecule has 0 amide bonds. The molecule has 0 unspecified atom stereocenters. The maximum absolute atomic E-state index is 10.8. The van der Waals surface area contributed by atoms with Crippen LogP contribution in [0.15, 0.2) is 10.5 Å². The van der Waals surface area contributed by atoms with Gasteiger partial charge in [-0.3, -0.25) is 0 Å². The molecule has 1 aliphatic carbocycles. The third-order valence-corrected chi connectivity index (χ3v) is 3.79. The molecule has 0 bridgehead atoms. The SMILES string of the molecule is CCC1(NCc2cc(C)c(C(=O)O)o2)CCC1. The summed E-state index contributed by atoms with van der Waals surface area (Å²) in [5, 5.41) is 12.4. The van der Waals surface area contributed by atoms with Crippen molar-refractivity contribution in [3.05, 3.63) is 23.2 Å². The van der Waals surface area contributed by atoms with Crippen molar-refractivity contribution in [2.75, 3.05) is 0 Å². The predicted octanol–water partition coefficient (Wildman–Crippen LogP) is 2.71. The summed E-state index contributed by atoms with van der Waals surface area (Å²) in [5.74, 6) is -0.233. The van der Waals surface area contributed by atoms with Crippen LogP contribution in [-0.2, 0) is 6.54 Å². The lowest BCUT2D eigenvalue weighted by molar-refractivity contribution is 0.0658. The maximum Gasteiger partial charge on any atom is 0.372 e. The van der Waals surface area contributed by atoms with Crippen molar-refractivity contribution in [2.45, 2.75) is 51.6 Å². The fraction of sp³-hybridized carbons (Fsp3) is 0.615. The second-order valence-electron chi connectivity index (χ2n) is 4.87. The summed E-state index contributed by atoms with van der Waals surface area (Å²) in [6.45, 7) is 4.56. The minimum Gasteiger partial charge on any atom is -0.475 e. The maximum atomic E-state index is 10.8. The number of hydrogen-bond donors (Lipinski definition) is 2. The monoisotopic (exact) mass is 237 g/mol. The number of aryl methyl sites for hydroxylation is 1. The van der Waals surface area contributed by atoms with Crippen LogP contribution in [0.1, 0.15) is 54.5 Å². The molecule has 2 rings (SSSR count). The number of aromatic carboxylic acids is 1. The van der Waals surface area contributed by atoms with Gasteiger partial charge in [-0.05, 0) is 38.7 Å². The Kier molecular flexibility index (Phi) is 3.24. The van der Waals surface area contributed by atoms with Crippen molar-refractivity contribution < 1.29 is 14.3 Å². The summed E-state index contributed by atoms with van der Waals surface area (Å²) >= 11 is 0. The zero-order chi connectivity index (χ0) is 12.5. The highest BCUT2D eigenvalue weighted by Crippen LogP contribution is 2.34. The van der Waals surface area contributed by atoms with Gasteiger partial charge in [-0.15, -0.1) is 0 Å². The molecule has 1 aromatic rings. The standard InChI is InChI=1S/C13H19NO3/c1-3-13(5-4-6-13)14-8-10-7-9(2)11(17-10)12(15)16/h7,14H,3-6,8H2,1-2H3,(H,15,16). The fourth-order valence-electron chi connectivity index (χ4n) is 2.38. The van der Waals surface area contributed by atoms with E-state index in [1.165, 1.54) is 19.3 Å². The Balaban J connectivity index is 1.99. The number of carboxylic acid groups (broad SMARTS) is 1. The van der Waals surface area contributed by atoms with Gasteiger partial charge in [-0.25, -0.2) is 4.79 Å². The lowest BCUT2D eigenvalue weighted by Crippen LogP contribution is -2.49. The highest BCUT2D eigenvalue weighted by molar-refractivity contribution is 5.86. The molecule has 0 atom stereocenters. The smallest absolute Gasteiger partial charge is 0.372 e. The molecule has 1 heterocycles. The molecule has 1 saturated carbocycles. The van der Waals surface area contributed by atoms with Crippen LogP contribution in [0.2, 0.25) is 0 Å². The summed E-state index contributed by atoms with van der Waals surface area (Å²) in [7, 11) is 0. The topological polar surface area (TPSA) is 62.5 Å². The molecular weight excluding hydrogens is 218 g/mol. The molecule has 0 radical (unpaired) electrons. The number of nitrogens with one attached hydrogen (secondary N) is 1. The van der Waals surface area contributed by atoms with Crippen LogP contribution in [0.3, 0.4) is 0 Å². The first-order chi connectivity index (χ1) is 8.06. The fourth-order valence-corrected chi connectivity index (χ4v) is 2.38. The predicted molar refractivity (Wildman–Crippen MR) is 64.1 cm³/mol. The van der Waals surface area contributed by atoms with E-state index >= 15 is 0 Å². The van der Waals surface area contributed by atoms with Gasteiger partial charge in [-0.1, -0.05) is 6.92 Å². The molecule has 1 fully saturated rings. The normalized spacial score (nSPS) is 17.8. The molecule has 2 N–H and O–H groups in total. The summed E-state index contributed by atoms with van der Waals surface area (Å²) in [4.78, 5) is 10.8. The van der Waals surface area contributed by atoms with Gasteiger partial charge in [0, 0.05) is 11.1 Å². The summed E-state index contributed by atoms with van der Waals surface area (Å²) < 4.78 is 5.32. The number of carboxylic acids is 1. The Morgan fingerprint density at radius 3 is 2.71 bits per heavy atom. The second-order valence-corrected chi connectivity index (χ2v) is 4.87. The molecule has 4 nitrogen and oxygen atoms in total. The van der Waals surface area contributed by atoms with Gasteiger partial charge in [-0.2, -0.15) is 0 Å². The lowest BCUT2D eigenvalue weighted by Gasteiger charge is -2.42. The largest absolute Gasteiger partial charge is 0.475 e. The zero-order valence-electron chi connectivity index (χ0n) is 10.4. The average Bonchev–Trinajstić information content (AvgIpc) is 2.59. The second kappa shape index (κ2) is 4.53. The van der Waals surface area contributed by atoms with Crippen LogP contribution in [0, 0.1) is 6.92 Å². The van der Waals surface area contributed by atoms with Gasteiger partial charge in [0.25, 0.3) is 0 Å². The Labute approximate surface area is 101 Å². The highest BCUT2D eigenvalue weighted by atomic mass is 16.4. The molecule has 0 spiro atoms. The van der Waals surface area contributed by atoms with Gasteiger partial charge < -0.3 is 14.8 Å². The summed E-state index contributed by atoms with van der Waals surface area (Å²) in [5.41, 5.74) is 0.942. The average molecular weight is 237 g/mol. The van der Waals surface area contributed by atoms with Crippen LogP contribution in [0.4, 0.5) is 0 Å². The first-order valence-corrected chi connectivity index (χ1v) is 6.14. The van der Waals surface area contributed by atoms with Crippen LogP contribution in [0.5, 0.6) is 0 Å². The molecular formula is C13H19NO3. The Morgan fingerprint density at radius 1 is 1.59 bits per heavy atom. The number of furan rings is 1. The van der Waals surface area contributed by atoms with Crippen molar-refractivity contribution in [3.63, 3.8) is 0 Å². The zero-order valence-corrected chi connectivity index (χ0v) is 10.4. The van der Waals surface area contributed by atoms with E-state index in [0.717, 1.165) is 6.42 Å². The van der Waals surface area contributed by atoms with E-state index in [1.807, 2.05) is 0 Å². The van der Waals surface area contributed by atoms with Crippen molar-refractivity contribution in [2.24, 2.45) is 0 Å². The number of carbonyl (C=O) groups is 1. The third-order valence-electron chi connectivity index (χ3n) is 3.79. The first kappa shape index (κ1) is 12.2. The first-order valence-electron chi connectivity index (χ1n) is 6.14. The van der Waals surface area contributed by atoms with E-state index in [2.05, 4.69) is 12.2 Å². The van der Waals surface area contributed by atoms with Gasteiger partial charge in [0.2, 0.25) is 5.76 Å². The van der Waals surface area contributed by atoms with Crippen molar-refractivity contribution in [1.82, 2.24) is 5.32 Å². The summed E-state index contributed by atoms with van der Waals surface area (Å²) in [6, 6.07) is 1.80. The van der Waals surface area contributed by atoms with E-state index in [0.29, 0.717) is 17.9 Å². The highest BCUT2D eigenvalue weighted by Gasteiger charge is 2.34. The molecule has 0 saturated heterocycles. The molecule has 0 aliphatic heterocycles. The van der Waals surface area contributed by atoms with E-state index in [1.54, 1.807) is 13.0 Å². The Bertz CT molecular complexity index is 413. The van der Waals surface area contributed by atoms with E-state index in [9.17, 15) is 4.79 Å². The number of rotatable bonds is 5. The van der Waals surface area contributed by atoms with Crippen LogP contribution in [-0.4, -0.2) is 16.6 Å². The molecule has 1 aromatic heterocycles. The molecule has 0 aromatic carbocycles. The molecule has 4 heteroatoms. The van der Waals surface area contributed by atoms with Crippen molar-refractivity contribution in [3.8, 4) is 0 Å². The van der Waals surface area contributed by atoms with Crippen LogP contribution < -0.4 is 5.32 Å². The Morgan fingerprint density at radius 2 is 2.29 bits per heavy atom. The Hall–Kier alpha value is -1.29. The van der Waals surface area contributed by atoms with Crippen LogP contribution in [0.25, 0.3) is 0 Å². The molecule has 17 heavy (non-hydrogen) atoms. The minimum atomic E-state index is -0.998. The molecule has 1 aliphatic rings. The van der Waals surface area contributed by atoms with Crippen molar-refractivity contribution in [1.29, 1.82) is 0 Å².